The first-order chi connectivity index (χ1) is 16.3. The molecule has 1 amide bonds. The van der Waals surface area contributed by atoms with Crippen molar-refractivity contribution < 1.29 is 18.8 Å². The number of ether oxygens (including phenoxy) is 1. The van der Waals surface area contributed by atoms with Gasteiger partial charge in [-0.3, -0.25) is 19.8 Å². The maximum Gasteiger partial charge on any atom is 0.256 e. The lowest BCUT2D eigenvalue weighted by Crippen LogP contribution is -2.54. The Bertz CT molecular complexity index is 1300. The number of rotatable bonds is 5. The van der Waals surface area contributed by atoms with Crippen LogP contribution in [0.2, 0.25) is 5.02 Å². The molecule has 9 heteroatoms. The van der Waals surface area contributed by atoms with Crippen LogP contribution in [0, 0.1) is 15.9 Å². The van der Waals surface area contributed by atoms with Crippen molar-refractivity contribution in [2.24, 2.45) is 0 Å². The normalized spacial score (nSPS) is 23.7. The second-order valence-corrected chi connectivity index (χ2v) is 8.96. The molecular weight excluding hydrogens is 461 g/mol. The van der Waals surface area contributed by atoms with Crippen molar-refractivity contribution >= 4 is 23.2 Å². The van der Waals surface area contributed by atoms with Crippen LogP contribution in [0.1, 0.15) is 22.6 Å². The number of anilines is 1. The third-order valence-corrected chi connectivity index (χ3v) is 7.06. The number of carbonyl (C=O) groups excluding carboxylic acids is 1. The first-order valence-corrected chi connectivity index (χ1v) is 11.1. The SMILES string of the molecule is CN1C[C@H](c2ccc(OCc3ccccc3F)c(Cl)c2)[C@@H]([N+](=O)[O-])[C@@]12C(=O)Nc1ccccc12. The van der Waals surface area contributed by atoms with Gasteiger partial charge in [0.25, 0.3) is 11.9 Å². The van der Waals surface area contributed by atoms with E-state index in [-0.39, 0.29) is 22.4 Å². The van der Waals surface area contributed by atoms with Gasteiger partial charge >= 0.3 is 0 Å². The maximum atomic E-state index is 13.9. The van der Waals surface area contributed by atoms with Gasteiger partial charge in [0.05, 0.1) is 10.9 Å². The van der Waals surface area contributed by atoms with Gasteiger partial charge in [0.15, 0.2) is 5.54 Å². The van der Waals surface area contributed by atoms with Crippen molar-refractivity contribution in [2.75, 3.05) is 18.9 Å². The van der Waals surface area contributed by atoms with E-state index in [9.17, 15) is 19.3 Å². The van der Waals surface area contributed by atoms with Crippen molar-refractivity contribution in [2.45, 2.75) is 24.1 Å². The number of likely N-dealkylation sites (tertiary alicyclic amines) is 1. The van der Waals surface area contributed by atoms with Crippen LogP contribution in [0.25, 0.3) is 0 Å². The Kier molecular flexibility index (Phi) is 5.50. The number of fused-ring (bicyclic) bond motifs is 2. The van der Waals surface area contributed by atoms with E-state index in [1.54, 1.807) is 72.6 Å². The smallest absolute Gasteiger partial charge is 0.256 e. The Morgan fingerprint density at radius 1 is 1.21 bits per heavy atom. The fourth-order valence-corrected chi connectivity index (χ4v) is 5.46. The lowest BCUT2D eigenvalue weighted by Gasteiger charge is -2.30. The Balaban J connectivity index is 1.47. The summed E-state index contributed by atoms with van der Waals surface area (Å²) in [5, 5.41) is 15.5. The van der Waals surface area contributed by atoms with Crippen LogP contribution >= 0.6 is 11.6 Å². The van der Waals surface area contributed by atoms with E-state index in [1.807, 2.05) is 0 Å². The standard InChI is InChI=1S/C25H21ClFN3O4/c1-29-13-17(23(30(32)33)25(29)18-7-3-5-9-21(18)28-24(25)31)15-10-11-22(19(26)12-15)34-14-16-6-2-4-8-20(16)27/h2-12,17,23H,13-14H2,1H3,(H,28,31)/t17-,23-,25+/m1/s1. The summed E-state index contributed by atoms with van der Waals surface area (Å²) in [5.41, 5.74) is 0.786. The molecule has 0 unspecified atom stereocenters. The number of amides is 1. The highest BCUT2D eigenvalue weighted by Crippen LogP contribution is 2.52. The van der Waals surface area contributed by atoms with Gasteiger partial charge in [0.1, 0.15) is 18.2 Å². The van der Waals surface area contributed by atoms with Crippen molar-refractivity contribution in [1.29, 1.82) is 0 Å². The van der Waals surface area contributed by atoms with Gasteiger partial charge in [-0.05, 0) is 36.9 Å². The molecule has 3 atom stereocenters. The Labute approximate surface area is 200 Å². The molecule has 174 valence electrons. The quantitative estimate of drug-likeness (QED) is 0.426. The number of hydrogen-bond donors (Lipinski definition) is 1. The van der Waals surface area contributed by atoms with E-state index in [0.717, 1.165) is 0 Å². The summed E-state index contributed by atoms with van der Waals surface area (Å²) >= 11 is 6.46. The fraction of sp³-hybridized carbons (Fsp3) is 0.240. The lowest BCUT2D eigenvalue weighted by molar-refractivity contribution is -0.534. The molecule has 1 saturated heterocycles. The van der Waals surface area contributed by atoms with Gasteiger partial charge in [-0.15, -0.1) is 0 Å². The number of para-hydroxylation sites is 1. The highest BCUT2D eigenvalue weighted by Gasteiger charge is 2.68. The van der Waals surface area contributed by atoms with Crippen LogP contribution in [0.4, 0.5) is 10.1 Å². The zero-order chi connectivity index (χ0) is 24.0. The van der Waals surface area contributed by atoms with E-state index in [4.69, 9.17) is 16.3 Å². The predicted octanol–water partition coefficient (Wildman–Crippen LogP) is 4.58. The zero-order valence-corrected chi connectivity index (χ0v) is 19.0. The van der Waals surface area contributed by atoms with Crippen molar-refractivity contribution in [3.8, 4) is 5.75 Å². The summed E-state index contributed by atoms with van der Waals surface area (Å²) in [6.45, 7) is 0.286. The molecule has 5 rings (SSSR count). The molecule has 2 aliphatic heterocycles. The Morgan fingerprint density at radius 3 is 2.68 bits per heavy atom. The molecule has 0 bridgehead atoms. The van der Waals surface area contributed by atoms with E-state index < -0.39 is 23.4 Å². The molecule has 1 N–H and O–H groups in total. The number of nitrogens with zero attached hydrogens (tertiary/aromatic N) is 2. The highest BCUT2D eigenvalue weighted by molar-refractivity contribution is 6.32. The fourth-order valence-electron chi connectivity index (χ4n) is 5.22. The highest BCUT2D eigenvalue weighted by atomic mass is 35.5. The molecule has 0 radical (unpaired) electrons. The van der Waals surface area contributed by atoms with Gasteiger partial charge in [-0.25, -0.2) is 4.39 Å². The van der Waals surface area contributed by atoms with E-state index in [1.165, 1.54) is 6.07 Å². The van der Waals surface area contributed by atoms with E-state index in [2.05, 4.69) is 5.32 Å². The monoisotopic (exact) mass is 481 g/mol. The summed E-state index contributed by atoms with van der Waals surface area (Å²) in [4.78, 5) is 27.0. The summed E-state index contributed by atoms with van der Waals surface area (Å²) in [6.07, 6.45) is 0. The van der Waals surface area contributed by atoms with Crippen LogP contribution in [0.3, 0.4) is 0 Å². The van der Waals surface area contributed by atoms with Crippen molar-refractivity contribution in [3.63, 3.8) is 0 Å². The van der Waals surface area contributed by atoms with E-state index >= 15 is 0 Å². The first-order valence-electron chi connectivity index (χ1n) is 10.8. The van der Waals surface area contributed by atoms with Crippen LogP contribution in [-0.2, 0) is 16.9 Å². The Morgan fingerprint density at radius 2 is 1.94 bits per heavy atom. The molecule has 3 aromatic rings. The zero-order valence-electron chi connectivity index (χ0n) is 18.2. The van der Waals surface area contributed by atoms with Gasteiger partial charge in [0.2, 0.25) is 0 Å². The van der Waals surface area contributed by atoms with Gasteiger partial charge in [0, 0.05) is 28.3 Å². The average Bonchev–Trinajstić information content (AvgIpc) is 3.29. The third kappa shape index (κ3) is 3.33. The molecule has 0 aromatic heterocycles. The number of benzene rings is 3. The van der Waals surface area contributed by atoms with Crippen LogP contribution in [0.15, 0.2) is 66.7 Å². The number of hydrogen-bond acceptors (Lipinski definition) is 5. The van der Waals surface area contributed by atoms with Crippen molar-refractivity contribution in [3.05, 3.63) is 104 Å². The molecule has 2 aliphatic rings. The summed E-state index contributed by atoms with van der Waals surface area (Å²) in [6, 6.07) is 17.1. The minimum atomic E-state index is -1.42. The van der Waals surface area contributed by atoms with Gasteiger partial charge in [-0.1, -0.05) is 54.1 Å². The van der Waals surface area contributed by atoms with Crippen LogP contribution < -0.4 is 10.1 Å². The molecule has 34 heavy (non-hydrogen) atoms. The van der Waals surface area contributed by atoms with E-state index in [0.29, 0.717) is 34.7 Å². The van der Waals surface area contributed by atoms with Gasteiger partial charge < -0.3 is 10.1 Å². The molecule has 1 fully saturated rings. The molecule has 0 aliphatic carbocycles. The average molecular weight is 482 g/mol. The minimum absolute atomic E-state index is 0.00447. The molecule has 0 saturated carbocycles. The summed E-state index contributed by atoms with van der Waals surface area (Å²) in [7, 11) is 1.73. The number of halogens is 2. The predicted molar refractivity (Wildman–Crippen MR) is 125 cm³/mol. The largest absolute Gasteiger partial charge is 0.487 e. The second kappa shape index (κ2) is 8.38. The minimum Gasteiger partial charge on any atom is -0.487 e. The summed E-state index contributed by atoms with van der Waals surface area (Å²) < 4.78 is 19.6. The molecule has 3 aromatic carbocycles. The van der Waals surface area contributed by atoms with Gasteiger partial charge in [-0.2, -0.15) is 0 Å². The molecular formula is C25H21ClFN3O4. The topological polar surface area (TPSA) is 84.7 Å². The lowest BCUT2D eigenvalue weighted by atomic mass is 9.79. The number of carbonyl (C=O) groups is 1. The van der Waals surface area contributed by atoms with Crippen molar-refractivity contribution in [1.82, 2.24) is 4.90 Å². The number of likely N-dealkylation sites (N-methyl/N-ethyl adjacent to an activating group) is 1. The maximum absolute atomic E-state index is 13.9. The first kappa shape index (κ1) is 22.3. The molecule has 1 spiro atoms. The van der Waals surface area contributed by atoms with Crippen LogP contribution in [0.5, 0.6) is 5.75 Å². The number of nitro groups is 1. The molecule has 7 nitrogen and oxygen atoms in total. The second-order valence-electron chi connectivity index (χ2n) is 8.55. The Hall–Kier alpha value is -3.49. The number of nitrogens with one attached hydrogen (secondary N) is 1. The molecule has 2 heterocycles. The van der Waals surface area contributed by atoms with Crippen LogP contribution in [-0.4, -0.2) is 35.4 Å². The summed E-state index contributed by atoms with van der Waals surface area (Å²) in [5.74, 6) is -1.03. The third-order valence-electron chi connectivity index (χ3n) is 6.77.